The van der Waals surface area contributed by atoms with Crippen molar-refractivity contribution in [1.29, 1.82) is 0 Å². The fourth-order valence-electron chi connectivity index (χ4n) is 1.73. The van der Waals surface area contributed by atoms with E-state index < -0.39 is 10.0 Å². The van der Waals surface area contributed by atoms with E-state index in [9.17, 15) is 8.42 Å². The summed E-state index contributed by atoms with van der Waals surface area (Å²) in [6, 6.07) is 0.254. The highest BCUT2D eigenvalue weighted by molar-refractivity contribution is 7.92. The van der Waals surface area contributed by atoms with Crippen LogP contribution in [0.15, 0.2) is 10.4 Å². The molecule has 0 aliphatic rings. The molecule has 0 unspecified atom stereocenters. The second kappa shape index (κ2) is 6.12. The lowest BCUT2D eigenvalue weighted by atomic mass is 10.2. The highest BCUT2D eigenvalue weighted by Gasteiger charge is 2.24. The Morgan fingerprint density at radius 1 is 1.38 bits per heavy atom. The van der Waals surface area contributed by atoms with Gasteiger partial charge in [-0.3, -0.25) is 9.82 Å². The van der Waals surface area contributed by atoms with E-state index in [4.69, 9.17) is 0 Å². The maximum Gasteiger partial charge on any atom is 0.283 e. The third kappa shape index (κ3) is 3.80. The Kier molecular flexibility index (Phi) is 4.64. The Labute approximate surface area is 128 Å². The largest absolute Gasteiger partial charge is 0.310 e. The summed E-state index contributed by atoms with van der Waals surface area (Å²) < 4.78 is 27.3. The number of nitrogens with zero attached hydrogens (tertiary/aromatic N) is 2. The van der Waals surface area contributed by atoms with Gasteiger partial charge in [-0.15, -0.1) is 11.3 Å². The number of aromatic amines is 1. The van der Waals surface area contributed by atoms with Gasteiger partial charge in [0, 0.05) is 29.2 Å². The summed E-state index contributed by atoms with van der Waals surface area (Å²) in [5.74, 6) is 0. The summed E-state index contributed by atoms with van der Waals surface area (Å²) in [4.78, 5) is 4.11. The van der Waals surface area contributed by atoms with E-state index in [1.807, 2.05) is 20.8 Å². The van der Waals surface area contributed by atoms with E-state index >= 15 is 0 Å². The van der Waals surface area contributed by atoms with Crippen LogP contribution in [0.5, 0.6) is 0 Å². The van der Waals surface area contributed by atoms with Gasteiger partial charge in [0.1, 0.15) is 0 Å². The summed E-state index contributed by atoms with van der Waals surface area (Å²) in [7, 11) is -3.74. The van der Waals surface area contributed by atoms with Gasteiger partial charge in [-0.1, -0.05) is 13.8 Å². The molecule has 0 aliphatic heterocycles. The topological polar surface area (TPSA) is 99.8 Å². The van der Waals surface area contributed by atoms with E-state index in [-0.39, 0.29) is 11.1 Å². The molecule has 9 heteroatoms. The van der Waals surface area contributed by atoms with Crippen LogP contribution in [0.3, 0.4) is 0 Å². The molecule has 2 aromatic rings. The molecule has 116 valence electrons. The minimum Gasteiger partial charge on any atom is -0.310 e. The van der Waals surface area contributed by atoms with Gasteiger partial charge in [-0.2, -0.15) is 13.5 Å². The van der Waals surface area contributed by atoms with Gasteiger partial charge < -0.3 is 5.32 Å². The summed E-state index contributed by atoms with van der Waals surface area (Å²) >= 11 is 1.25. The summed E-state index contributed by atoms with van der Waals surface area (Å²) in [6.07, 6.45) is 0. The smallest absolute Gasteiger partial charge is 0.283 e. The van der Waals surface area contributed by atoms with Crippen LogP contribution >= 0.6 is 11.3 Å². The van der Waals surface area contributed by atoms with Crippen molar-refractivity contribution in [2.75, 3.05) is 4.72 Å². The normalized spacial score (nSPS) is 12.0. The standard InChI is InChI=1S/C12H19N5O2S2/c1-7(2)13-5-10-9(4)15-16-11(10)21(18,19)17-12-14-8(3)6-20-12/h6-7,13H,5H2,1-4H3,(H,14,17)(H,15,16). The molecular weight excluding hydrogens is 310 g/mol. The molecule has 0 radical (unpaired) electrons. The van der Waals surface area contributed by atoms with Gasteiger partial charge in [0.25, 0.3) is 10.0 Å². The van der Waals surface area contributed by atoms with Crippen molar-refractivity contribution in [3.8, 4) is 0 Å². The first kappa shape index (κ1) is 15.9. The van der Waals surface area contributed by atoms with Gasteiger partial charge in [-0.25, -0.2) is 4.98 Å². The number of rotatable bonds is 6. The van der Waals surface area contributed by atoms with Crippen molar-refractivity contribution >= 4 is 26.5 Å². The lowest BCUT2D eigenvalue weighted by Crippen LogP contribution is -2.24. The number of aryl methyl sites for hydroxylation is 2. The van der Waals surface area contributed by atoms with Crippen molar-refractivity contribution < 1.29 is 8.42 Å². The second-order valence-electron chi connectivity index (χ2n) is 5.07. The van der Waals surface area contributed by atoms with Gasteiger partial charge >= 0.3 is 0 Å². The first-order valence-electron chi connectivity index (χ1n) is 6.51. The van der Waals surface area contributed by atoms with Gasteiger partial charge in [0.2, 0.25) is 5.03 Å². The number of anilines is 1. The molecule has 3 N–H and O–H groups in total. The molecule has 0 fully saturated rings. The van der Waals surface area contributed by atoms with E-state index in [2.05, 4.69) is 25.2 Å². The summed E-state index contributed by atoms with van der Waals surface area (Å²) in [5, 5.41) is 12.0. The Morgan fingerprint density at radius 2 is 2.10 bits per heavy atom. The first-order chi connectivity index (χ1) is 9.79. The fraction of sp³-hybridized carbons (Fsp3) is 0.500. The predicted octanol–water partition coefficient (Wildman–Crippen LogP) is 1.78. The number of nitrogens with one attached hydrogen (secondary N) is 3. The monoisotopic (exact) mass is 329 g/mol. The third-order valence-electron chi connectivity index (χ3n) is 2.82. The summed E-state index contributed by atoms with van der Waals surface area (Å²) in [6.45, 7) is 8.05. The molecule has 0 bridgehead atoms. The molecule has 0 aromatic carbocycles. The molecular formula is C12H19N5O2S2. The molecule has 0 spiro atoms. The highest BCUT2D eigenvalue weighted by Crippen LogP contribution is 2.22. The van der Waals surface area contributed by atoms with Crippen molar-refractivity contribution in [1.82, 2.24) is 20.5 Å². The van der Waals surface area contributed by atoms with Crippen molar-refractivity contribution in [3.63, 3.8) is 0 Å². The Hall–Kier alpha value is -1.45. The van der Waals surface area contributed by atoms with Crippen molar-refractivity contribution in [2.24, 2.45) is 0 Å². The zero-order chi connectivity index (χ0) is 15.6. The molecule has 2 aromatic heterocycles. The van der Waals surface area contributed by atoms with E-state index in [1.54, 1.807) is 12.3 Å². The van der Waals surface area contributed by atoms with E-state index in [1.165, 1.54) is 11.3 Å². The van der Waals surface area contributed by atoms with Crippen LogP contribution in [-0.2, 0) is 16.6 Å². The van der Waals surface area contributed by atoms with Crippen molar-refractivity contribution in [3.05, 3.63) is 22.3 Å². The third-order valence-corrected chi connectivity index (χ3v) is 5.13. The fourth-order valence-corrected chi connectivity index (χ4v) is 3.87. The van der Waals surface area contributed by atoms with E-state index in [0.717, 1.165) is 11.4 Å². The molecule has 21 heavy (non-hydrogen) atoms. The van der Waals surface area contributed by atoms with Crippen LogP contribution in [0.4, 0.5) is 5.13 Å². The van der Waals surface area contributed by atoms with Crippen LogP contribution < -0.4 is 10.0 Å². The average molecular weight is 329 g/mol. The average Bonchev–Trinajstić information content (AvgIpc) is 2.93. The first-order valence-corrected chi connectivity index (χ1v) is 8.88. The number of hydrogen-bond acceptors (Lipinski definition) is 6. The van der Waals surface area contributed by atoms with Crippen LogP contribution in [-0.4, -0.2) is 29.6 Å². The lowest BCUT2D eigenvalue weighted by molar-refractivity contribution is 0.574. The molecule has 2 rings (SSSR count). The molecule has 0 atom stereocenters. The lowest BCUT2D eigenvalue weighted by Gasteiger charge is -2.09. The minimum absolute atomic E-state index is 0.0148. The van der Waals surface area contributed by atoms with Gasteiger partial charge in [0.05, 0.1) is 5.69 Å². The van der Waals surface area contributed by atoms with Crippen LogP contribution in [0.25, 0.3) is 0 Å². The number of hydrogen-bond donors (Lipinski definition) is 3. The molecule has 0 aliphatic carbocycles. The van der Waals surface area contributed by atoms with Gasteiger partial charge in [0.15, 0.2) is 5.13 Å². The maximum absolute atomic E-state index is 12.4. The Bertz CT molecular complexity index is 718. The zero-order valence-corrected chi connectivity index (χ0v) is 14.0. The molecule has 0 saturated carbocycles. The highest BCUT2D eigenvalue weighted by atomic mass is 32.2. The molecule has 0 amide bonds. The SMILES string of the molecule is Cc1csc(NS(=O)(=O)c2n[nH]c(C)c2CNC(C)C)n1. The number of H-pyrrole nitrogens is 1. The van der Waals surface area contributed by atoms with E-state index in [0.29, 0.717) is 17.2 Å². The van der Waals surface area contributed by atoms with Crippen LogP contribution in [0.2, 0.25) is 0 Å². The number of thiazole rings is 1. The number of aromatic nitrogens is 3. The molecule has 0 saturated heterocycles. The Morgan fingerprint density at radius 3 is 2.67 bits per heavy atom. The van der Waals surface area contributed by atoms with Gasteiger partial charge in [-0.05, 0) is 13.8 Å². The number of sulfonamides is 1. The molecule has 2 heterocycles. The quantitative estimate of drug-likeness (QED) is 0.750. The second-order valence-corrected chi connectivity index (χ2v) is 7.52. The van der Waals surface area contributed by atoms with Crippen molar-refractivity contribution in [2.45, 2.75) is 45.3 Å². The van der Waals surface area contributed by atoms with Crippen LogP contribution in [0, 0.1) is 13.8 Å². The minimum atomic E-state index is -3.74. The predicted molar refractivity (Wildman–Crippen MR) is 83.0 cm³/mol. The Balaban J connectivity index is 2.27. The molecule has 7 nitrogen and oxygen atoms in total. The van der Waals surface area contributed by atoms with Crippen LogP contribution in [0.1, 0.15) is 30.8 Å². The maximum atomic E-state index is 12.4. The summed E-state index contributed by atoms with van der Waals surface area (Å²) in [5.41, 5.74) is 2.15. The zero-order valence-electron chi connectivity index (χ0n) is 12.4.